The van der Waals surface area contributed by atoms with Crippen LogP contribution in [0.15, 0.2) is 36.9 Å². The molecule has 0 bridgehead atoms. The van der Waals surface area contributed by atoms with Crippen molar-refractivity contribution in [2.45, 2.75) is 19.1 Å². The van der Waals surface area contributed by atoms with Crippen molar-refractivity contribution in [1.29, 1.82) is 0 Å². The zero-order valence-electron chi connectivity index (χ0n) is 12.2. The maximum absolute atomic E-state index is 12.5. The van der Waals surface area contributed by atoms with E-state index in [0.717, 1.165) is 31.7 Å². The highest BCUT2D eigenvalue weighted by molar-refractivity contribution is 5.85. The Morgan fingerprint density at radius 2 is 1.86 bits per heavy atom. The first-order valence-electron chi connectivity index (χ1n) is 6.81. The van der Waals surface area contributed by atoms with Gasteiger partial charge in [0.15, 0.2) is 0 Å². The second-order valence-corrected chi connectivity index (χ2v) is 4.74. The Kier molecular flexibility index (Phi) is 10.3. The van der Waals surface area contributed by atoms with Gasteiger partial charge >= 0.3 is 6.61 Å². The molecule has 0 saturated carbocycles. The highest BCUT2D eigenvalue weighted by Gasteiger charge is 2.24. The van der Waals surface area contributed by atoms with Gasteiger partial charge in [-0.2, -0.15) is 8.78 Å². The largest absolute Gasteiger partial charge is 0.434 e. The van der Waals surface area contributed by atoms with Crippen LogP contribution in [0.2, 0.25) is 0 Å². The first-order chi connectivity index (χ1) is 9.72. The molecule has 2 rings (SSSR count). The molecule has 0 radical (unpaired) electrons. The highest BCUT2D eigenvalue weighted by atomic mass is 35.5. The van der Waals surface area contributed by atoms with Crippen molar-refractivity contribution >= 4 is 24.8 Å². The van der Waals surface area contributed by atoms with E-state index in [2.05, 4.69) is 21.5 Å². The lowest BCUT2D eigenvalue weighted by Crippen LogP contribution is -2.45. The minimum atomic E-state index is -2.80. The molecule has 0 amide bonds. The number of alkyl halides is 2. The number of halogens is 4. The zero-order chi connectivity index (χ0) is 14.4. The smallest absolute Gasteiger partial charge is 0.387 e. The minimum Gasteiger partial charge on any atom is -0.434 e. The third-order valence-electron chi connectivity index (χ3n) is 3.48. The molecular weight excluding hydrogens is 333 g/mol. The molecule has 22 heavy (non-hydrogen) atoms. The molecular formula is C15H22Cl2F2N2O. The van der Waals surface area contributed by atoms with Gasteiger partial charge in [-0.25, -0.2) is 0 Å². The average Bonchev–Trinajstić information content (AvgIpc) is 2.46. The van der Waals surface area contributed by atoms with Gasteiger partial charge in [-0.3, -0.25) is 4.90 Å². The van der Waals surface area contributed by atoms with Crippen molar-refractivity contribution in [1.82, 2.24) is 10.2 Å². The van der Waals surface area contributed by atoms with Gasteiger partial charge in [-0.1, -0.05) is 24.3 Å². The van der Waals surface area contributed by atoms with Crippen LogP contribution in [0.4, 0.5) is 8.78 Å². The van der Waals surface area contributed by atoms with Gasteiger partial charge < -0.3 is 10.1 Å². The van der Waals surface area contributed by atoms with Crippen LogP contribution < -0.4 is 10.1 Å². The van der Waals surface area contributed by atoms with E-state index in [1.807, 2.05) is 18.2 Å². The van der Waals surface area contributed by atoms with Crippen molar-refractivity contribution < 1.29 is 13.5 Å². The topological polar surface area (TPSA) is 24.5 Å². The normalized spacial score (nSPS) is 16.3. The van der Waals surface area contributed by atoms with E-state index in [-0.39, 0.29) is 36.6 Å². The number of nitrogens with one attached hydrogen (secondary N) is 1. The fourth-order valence-electron chi connectivity index (χ4n) is 2.58. The molecule has 1 heterocycles. The van der Waals surface area contributed by atoms with E-state index < -0.39 is 6.61 Å². The summed E-state index contributed by atoms with van der Waals surface area (Å²) in [5, 5.41) is 3.29. The molecule has 0 spiro atoms. The van der Waals surface area contributed by atoms with E-state index in [0.29, 0.717) is 6.42 Å². The van der Waals surface area contributed by atoms with E-state index in [1.165, 1.54) is 0 Å². The Balaban J connectivity index is 0.00000220. The zero-order valence-corrected chi connectivity index (χ0v) is 13.8. The van der Waals surface area contributed by atoms with Crippen molar-refractivity contribution in [2.75, 3.05) is 26.2 Å². The molecule has 0 unspecified atom stereocenters. The summed E-state index contributed by atoms with van der Waals surface area (Å²) in [4.78, 5) is 2.28. The third kappa shape index (κ3) is 5.72. The molecule has 1 aromatic rings. The number of ether oxygens (including phenoxy) is 1. The van der Waals surface area contributed by atoms with Gasteiger partial charge in [-0.15, -0.1) is 31.4 Å². The number of nitrogens with zero attached hydrogens (tertiary/aromatic N) is 1. The number of benzene rings is 1. The Labute approximate surface area is 142 Å². The SMILES string of the molecule is C=CC[C@@H](c1ccccc1OC(F)F)N1CCNCC1.Cl.Cl. The number of piperazine rings is 1. The van der Waals surface area contributed by atoms with E-state index >= 15 is 0 Å². The Bertz CT molecular complexity index is 443. The summed E-state index contributed by atoms with van der Waals surface area (Å²) in [5.74, 6) is 0.257. The molecule has 1 fully saturated rings. The molecule has 1 aliphatic rings. The quantitative estimate of drug-likeness (QED) is 0.789. The molecule has 1 N–H and O–H groups in total. The first kappa shape index (κ1) is 21.1. The lowest BCUT2D eigenvalue weighted by atomic mass is 10.00. The maximum Gasteiger partial charge on any atom is 0.387 e. The van der Waals surface area contributed by atoms with Crippen LogP contribution in [-0.4, -0.2) is 37.7 Å². The summed E-state index contributed by atoms with van der Waals surface area (Å²) >= 11 is 0. The van der Waals surface area contributed by atoms with Crippen LogP contribution in [0, 0.1) is 0 Å². The van der Waals surface area contributed by atoms with Crippen LogP contribution in [0.25, 0.3) is 0 Å². The number of para-hydroxylation sites is 1. The standard InChI is InChI=1S/C15H20F2N2O.2ClH/c1-2-5-13(19-10-8-18-9-11-19)12-6-3-4-7-14(12)20-15(16)17;;/h2-4,6-7,13,15,18H,1,5,8-11H2;2*1H/t13-;;/m0../s1. The van der Waals surface area contributed by atoms with Crippen LogP contribution in [-0.2, 0) is 0 Å². The van der Waals surface area contributed by atoms with Crippen LogP contribution >= 0.6 is 24.8 Å². The van der Waals surface area contributed by atoms with Crippen LogP contribution in [0.3, 0.4) is 0 Å². The van der Waals surface area contributed by atoms with E-state index in [4.69, 9.17) is 0 Å². The monoisotopic (exact) mass is 354 g/mol. The second kappa shape index (κ2) is 10.8. The molecule has 7 heteroatoms. The fraction of sp³-hybridized carbons (Fsp3) is 0.467. The highest BCUT2D eigenvalue weighted by Crippen LogP contribution is 2.33. The summed E-state index contributed by atoms with van der Waals surface area (Å²) in [7, 11) is 0. The summed E-state index contributed by atoms with van der Waals surface area (Å²) in [5.41, 5.74) is 0.801. The maximum atomic E-state index is 12.5. The predicted octanol–water partition coefficient (Wildman–Crippen LogP) is 3.65. The van der Waals surface area contributed by atoms with Gasteiger partial charge in [0.2, 0.25) is 0 Å². The Morgan fingerprint density at radius 1 is 1.23 bits per heavy atom. The number of hydrogen-bond acceptors (Lipinski definition) is 3. The summed E-state index contributed by atoms with van der Waals surface area (Å²) in [6.07, 6.45) is 2.54. The van der Waals surface area contributed by atoms with Gasteiger partial charge in [0, 0.05) is 37.8 Å². The van der Waals surface area contributed by atoms with Crippen molar-refractivity contribution in [2.24, 2.45) is 0 Å². The van der Waals surface area contributed by atoms with Crippen LogP contribution in [0.1, 0.15) is 18.0 Å². The molecule has 126 valence electrons. The van der Waals surface area contributed by atoms with Gasteiger partial charge in [-0.05, 0) is 12.5 Å². The van der Waals surface area contributed by atoms with Crippen LogP contribution in [0.5, 0.6) is 5.75 Å². The van der Waals surface area contributed by atoms with Crippen molar-refractivity contribution in [3.05, 3.63) is 42.5 Å². The predicted molar refractivity (Wildman–Crippen MR) is 89.6 cm³/mol. The van der Waals surface area contributed by atoms with E-state index in [9.17, 15) is 8.78 Å². The number of hydrogen-bond donors (Lipinski definition) is 1. The molecule has 1 saturated heterocycles. The molecule has 1 atom stereocenters. The molecule has 3 nitrogen and oxygen atoms in total. The minimum absolute atomic E-state index is 0. The van der Waals surface area contributed by atoms with Crippen molar-refractivity contribution in [3.63, 3.8) is 0 Å². The molecule has 1 aliphatic heterocycles. The van der Waals surface area contributed by atoms with Gasteiger partial charge in [0.25, 0.3) is 0 Å². The van der Waals surface area contributed by atoms with Crippen molar-refractivity contribution in [3.8, 4) is 5.75 Å². The number of rotatable bonds is 6. The Morgan fingerprint density at radius 3 is 2.45 bits per heavy atom. The summed E-state index contributed by atoms with van der Waals surface area (Å²) < 4.78 is 29.7. The molecule has 1 aromatic carbocycles. The second-order valence-electron chi connectivity index (χ2n) is 4.74. The molecule has 0 aromatic heterocycles. The van der Waals surface area contributed by atoms with E-state index in [1.54, 1.807) is 12.1 Å². The first-order valence-corrected chi connectivity index (χ1v) is 6.81. The summed E-state index contributed by atoms with van der Waals surface area (Å²) in [6.45, 7) is 4.58. The lowest BCUT2D eigenvalue weighted by molar-refractivity contribution is -0.0512. The third-order valence-corrected chi connectivity index (χ3v) is 3.48. The summed E-state index contributed by atoms with van der Waals surface area (Å²) in [6, 6.07) is 7.05. The van der Waals surface area contributed by atoms with Gasteiger partial charge in [0.05, 0.1) is 0 Å². The van der Waals surface area contributed by atoms with Gasteiger partial charge in [0.1, 0.15) is 5.75 Å². The average molecular weight is 355 g/mol. The lowest BCUT2D eigenvalue weighted by Gasteiger charge is -2.35. The fourth-order valence-corrected chi connectivity index (χ4v) is 2.58. The Hall–Kier alpha value is -0.880. The molecule has 0 aliphatic carbocycles.